The van der Waals surface area contributed by atoms with Gasteiger partial charge in [0, 0.05) is 0 Å². The van der Waals surface area contributed by atoms with Gasteiger partial charge in [-0.1, -0.05) is 41.5 Å². The van der Waals surface area contributed by atoms with Crippen LogP contribution in [0.4, 0.5) is 0 Å². The SMILES string of the molecule is COc1cc(C(=O)O[Si](C)(C)C(C)(C)C)cc(OC)c1O[Si](C)(C)C(C)(C)C. The molecular formula is C21H38O5Si2. The van der Waals surface area contributed by atoms with Crippen LogP contribution in [0.2, 0.25) is 36.3 Å². The molecule has 160 valence electrons. The minimum Gasteiger partial charge on any atom is -0.539 e. The van der Waals surface area contributed by atoms with Crippen LogP contribution in [0, 0.1) is 0 Å². The van der Waals surface area contributed by atoms with E-state index < -0.39 is 16.6 Å². The van der Waals surface area contributed by atoms with Crippen molar-refractivity contribution in [2.24, 2.45) is 0 Å². The molecule has 0 fully saturated rings. The van der Waals surface area contributed by atoms with Crippen LogP contribution in [0.25, 0.3) is 0 Å². The molecule has 5 nitrogen and oxygen atoms in total. The van der Waals surface area contributed by atoms with Gasteiger partial charge in [-0.2, -0.15) is 0 Å². The summed E-state index contributed by atoms with van der Waals surface area (Å²) in [6, 6.07) is 3.36. The predicted molar refractivity (Wildman–Crippen MR) is 120 cm³/mol. The summed E-state index contributed by atoms with van der Waals surface area (Å²) in [5.74, 6) is 1.14. The average molecular weight is 427 g/mol. The molecule has 0 saturated heterocycles. The number of carbonyl (C=O) groups is 1. The van der Waals surface area contributed by atoms with Crippen molar-refractivity contribution in [3.8, 4) is 17.2 Å². The molecule has 0 heterocycles. The van der Waals surface area contributed by atoms with Gasteiger partial charge in [-0.15, -0.1) is 0 Å². The molecule has 0 aliphatic rings. The fourth-order valence-electron chi connectivity index (χ4n) is 1.95. The molecule has 0 spiro atoms. The Balaban J connectivity index is 3.36. The van der Waals surface area contributed by atoms with Crippen molar-refractivity contribution in [1.29, 1.82) is 0 Å². The van der Waals surface area contributed by atoms with Crippen molar-refractivity contribution in [3.05, 3.63) is 17.7 Å². The minimum atomic E-state index is -2.24. The number of methoxy groups -OCH3 is 2. The van der Waals surface area contributed by atoms with Gasteiger partial charge in [0.25, 0.3) is 16.6 Å². The highest BCUT2D eigenvalue weighted by molar-refractivity contribution is 6.75. The minimum absolute atomic E-state index is 0.0168. The summed E-state index contributed by atoms with van der Waals surface area (Å²) >= 11 is 0. The molecule has 0 N–H and O–H groups in total. The number of rotatable bonds is 6. The molecule has 0 aromatic heterocycles. The lowest BCUT2D eigenvalue weighted by atomic mass is 10.2. The van der Waals surface area contributed by atoms with Gasteiger partial charge in [0.1, 0.15) is 0 Å². The van der Waals surface area contributed by atoms with Crippen molar-refractivity contribution in [3.63, 3.8) is 0 Å². The van der Waals surface area contributed by atoms with Crippen LogP contribution in [-0.4, -0.2) is 36.8 Å². The number of benzene rings is 1. The third-order valence-corrected chi connectivity index (χ3v) is 14.6. The fraction of sp³-hybridized carbons (Fsp3) is 0.667. The van der Waals surface area contributed by atoms with Gasteiger partial charge in [0.2, 0.25) is 0 Å². The lowest BCUT2D eigenvalue weighted by Gasteiger charge is -2.37. The summed E-state index contributed by atoms with van der Waals surface area (Å²) in [6.45, 7) is 21.2. The van der Waals surface area contributed by atoms with Crippen LogP contribution in [0.5, 0.6) is 17.2 Å². The van der Waals surface area contributed by atoms with Crippen molar-refractivity contribution in [2.45, 2.75) is 77.8 Å². The first-order valence-corrected chi connectivity index (χ1v) is 15.5. The lowest BCUT2D eigenvalue weighted by Crippen LogP contribution is -2.44. The van der Waals surface area contributed by atoms with Crippen molar-refractivity contribution in [1.82, 2.24) is 0 Å². The molecule has 0 atom stereocenters. The number of hydrogen-bond donors (Lipinski definition) is 0. The number of hydrogen-bond acceptors (Lipinski definition) is 5. The van der Waals surface area contributed by atoms with Crippen LogP contribution >= 0.6 is 0 Å². The highest BCUT2D eigenvalue weighted by Crippen LogP contribution is 2.45. The van der Waals surface area contributed by atoms with E-state index in [-0.39, 0.29) is 16.0 Å². The zero-order valence-electron chi connectivity index (χ0n) is 19.7. The summed E-state index contributed by atoms with van der Waals surface area (Å²) in [5, 5.41) is -0.0504. The van der Waals surface area contributed by atoms with E-state index in [1.165, 1.54) is 0 Å². The Morgan fingerprint density at radius 2 is 1.18 bits per heavy atom. The molecule has 0 unspecified atom stereocenters. The zero-order valence-corrected chi connectivity index (χ0v) is 21.7. The van der Waals surface area contributed by atoms with Crippen LogP contribution < -0.4 is 13.9 Å². The van der Waals surface area contributed by atoms with E-state index in [0.29, 0.717) is 22.8 Å². The third-order valence-electron chi connectivity index (χ3n) is 6.01. The summed E-state index contributed by atoms with van der Waals surface area (Å²) in [5.41, 5.74) is 0.404. The Morgan fingerprint density at radius 3 is 1.50 bits per heavy atom. The van der Waals surface area contributed by atoms with E-state index in [4.69, 9.17) is 18.3 Å². The summed E-state index contributed by atoms with van der Waals surface area (Å²) in [4.78, 5) is 12.9. The van der Waals surface area contributed by atoms with Crippen LogP contribution in [0.3, 0.4) is 0 Å². The van der Waals surface area contributed by atoms with Crippen molar-refractivity contribution in [2.75, 3.05) is 14.2 Å². The first-order valence-electron chi connectivity index (χ1n) is 9.65. The molecular weight excluding hydrogens is 388 g/mol. The van der Waals surface area contributed by atoms with Crippen LogP contribution in [-0.2, 0) is 4.43 Å². The van der Waals surface area contributed by atoms with Crippen LogP contribution in [0.15, 0.2) is 12.1 Å². The van der Waals surface area contributed by atoms with E-state index in [2.05, 4.69) is 54.6 Å². The Bertz CT molecular complexity index is 687. The zero-order chi connectivity index (χ0) is 22.1. The second-order valence-corrected chi connectivity index (χ2v) is 19.7. The first-order chi connectivity index (χ1) is 12.5. The molecule has 7 heteroatoms. The monoisotopic (exact) mass is 426 g/mol. The van der Waals surface area contributed by atoms with E-state index in [1.54, 1.807) is 26.4 Å². The summed E-state index contributed by atoms with van der Waals surface area (Å²) in [7, 11) is -1.22. The van der Waals surface area contributed by atoms with Gasteiger partial charge < -0.3 is 18.3 Å². The highest BCUT2D eigenvalue weighted by atomic mass is 28.4. The molecule has 0 radical (unpaired) electrons. The second kappa shape index (κ2) is 8.10. The van der Waals surface area contributed by atoms with Gasteiger partial charge in [0.05, 0.1) is 19.8 Å². The molecule has 28 heavy (non-hydrogen) atoms. The lowest BCUT2D eigenvalue weighted by molar-refractivity contribution is 0.0711. The smallest absolute Gasteiger partial charge is 0.325 e. The van der Waals surface area contributed by atoms with E-state index in [0.717, 1.165) is 0 Å². The summed E-state index contributed by atoms with van der Waals surface area (Å²) in [6.07, 6.45) is 0. The normalized spacial score (nSPS) is 13.1. The average Bonchev–Trinajstić information content (AvgIpc) is 2.51. The molecule has 0 aliphatic carbocycles. The van der Waals surface area contributed by atoms with Gasteiger partial charge >= 0.3 is 5.97 Å². The number of ether oxygens (including phenoxy) is 2. The maximum absolute atomic E-state index is 12.9. The predicted octanol–water partition coefficient (Wildman–Crippen LogP) is 6.25. The maximum Gasteiger partial charge on any atom is 0.325 e. The highest BCUT2D eigenvalue weighted by Gasteiger charge is 2.42. The molecule has 0 saturated carbocycles. The topological polar surface area (TPSA) is 54.0 Å². The standard InChI is InChI=1S/C21H38O5Si2/c1-20(2,3)27(9,10)25-18-16(23-7)13-15(14-17(18)24-8)19(22)26-28(11,12)21(4,5)6/h13-14H,1-12H3. The largest absolute Gasteiger partial charge is 0.539 e. The maximum atomic E-state index is 12.9. The van der Waals surface area contributed by atoms with Gasteiger partial charge in [0.15, 0.2) is 17.2 Å². The van der Waals surface area contributed by atoms with Crippen LogP contribution in [0.1, 0.15) is 51.9 Å². The van der Waals surface area contributed by atoms with Crippen molar-refractivity contribution < 1.29 is 23.1 Å². The molecule has 1 aromatic carbocycles. The Labute approximate surface area is 173 Å². The van der Waals surface area contributed by atoms with Crippen molar-refractivity contribution >= 4 is 22.6 Å². The molecule has 0 aliphatic heterocycles. The van der Waals surface area contributed by atoms with Gasteiger partial charge in [-0.3, -0.25) is 0 Å². The molecule has 0 bridgehead atoms. The third kappa shape index (κ3) is 5.32. The Hall–Kier alpha value is -1.48. The van der Waals surface area contributed by atoms with Gasteiger partial charge in [-0.25, -0.2) is 4.79 Å². The molecule has 0 amide bonds. The van der Waals surface area contributed by atoms with E-state index >= 15 is 0 Å². The Kier molecular flexibility index (Phi) is 7.11. The quantitative estimate of drug-likeness (QED) is 0.503. The number of carbonyl (C=O) groups excluding carboxylic acids is 1. The van der Waals surface area contributed by atoms with Gasteiger partial charge in [-0.05, 0) is 48.4 Å². The Morgan fingerprint density at radius 1 is 0.786 bits per heavy atom. The molecule has 1 rings (SSSR count). The van der Waals surface area contributed by atoms with E-state index in [9.17, 15) is 4.79 Å². The fourth-order valence-corrected chi connectivity index (χ4v) is 3.86. The van der Waals surface area contributed by atoms with E-state index in [1.807, 2.05) is 13.1 Å². The first kappa shape index (κ1) is 24.6. The summed E-state index contributed by atoms with van der Waals surface area (Å²) < 4.78 is 23.5. The molecule has 1 aromatic rings. The second-order valence-electron chi connectivity index (χ2n) is 10.2.